The highest BCUT2D eigenvalue weighted by molar-refractivity contribution is 7.98. The maximum absolute atomic E-state index is 5.69. The molecule has 1 saturated heterocycles. The molecule has 2 heterocycles. The quantitative estimate of drug-likeness (QED) is 0.866. The van der Waals surface area contributed by atoms with Gasteiger partial charge in [-0.15, -0.1) is 11.8 Å². The summed E-state index contributed by atoms with van der Waals surface area (Å²) in [5.41, 5.74) is 1.33. The fourth-order valence-electron chi connectivity index (χ4n) is 2.82. The summed E-state index contributed by atoms with van der Waals surface area (Å²) in [6.45, 7) is 6.00. The normalized spacial score (nSPS) is 24.9. The largest absolute Gasteiger partial charge is 0.486 e. The first-order chi connectivity index (χ1) is 10.2. The van der Waals surface area contributed by atoms with Crippen LogP contribution in [0.15, 0.2) is 17.0 Å². The summed E-state index contributed by atoms with van der Waals surface area (Å²) in [4.78, 5) is 1.24. The molecule has 0 aliphatic carbocycles. The Labute approximate surface area is 130 Å². The number of benzene rings is 1. The molecule has 1 N–H and O–H groups in total. The molecular weight excluding hydrogens is 286 g/mol. The highest BCUT2D eigenvalue weighted by atomic mass is 32.2. The minimum Gasteiger partial charge on any atom is -0.486 e. The van der Waals surface area contributed by atoms with Crippen molar-refractivity contribution < 1.29 is 14.2 Å². The van der Waals surface area contributed by atoms with E-state index in [2.05, 4.69) is 30.6 Å². The zero-order chi connectivity index (χ0) is 14.7. The average Bonchev–Trinajstić information content (AvgIpc) is 2.53. The van der Waals surface area contributed by atoms with Crippen LogP contribution in [0, 0.1) is 0 Å². The van der Waals surface area contributed by atoms with E-state index in [1.165, 1.54) is 10.5 Å². The second-order valence-electron chi connectivity index (χ2n) is 5.88. The van der Waals surface area contributed by atoms with Crippen LogP contribution >= 0.6 is 11.8 Å². The maximum Gasteiger partial charge on any atom is 0.162 e. The molecule has 21 heavy (non-hydrogen) atoms. The third kappa shape index (κ3) is 3.47. The van der Waals surface area contributed by atoms with Crippen LogP contribution < -0.4 is 14.8 Å². The van der Waals surface area contributed by atoms with Gasteiger partial charge in [0.2, 0.25) is 0 Å². The first-order valence-electron chi connectivity index (χ1n) is 7.49. The van der Waals surface area contributed by atoms with Crippen molar-refractivity contribution in [1.29, 1.82) is 0 Å². The number of nitrogens with one attached hydrogen (secondary N) is 1. The van der Waals surface area contributed by atoms with Crippen molar-refractivity contribution in [2.75, 3.05) is 32.7 Å². The van der Waals surface area contributed by atoms with Crippen molar-refractivity contribution in [3.63, 3.8) is 0 Å². The van der Waals surface area contributed by atoms with E-state index in [0.717, 1.165) is 44.1 Å². The van der Waals surface area contributed by atoms with Crippen LogP contribution in [-0.4, -0.2) is 38.2 Å². The standard InChI is InChI=1S/C16H23NO3S/c1-16(4-3-5-18-11-16)17-10-12-8-13-14(9-15(12)21-2)20-7-6-19-13/h8-9,17H,3-7,10-11H2,1-2H3. The summed E-state index contributed by atoms with van der Waals surface area (Å²) in [6, 6.07) is 4.20. The van der Waals surface area contributed by atoms with Gasteiger partial charge in [-0.3, -0.25) is 0 Å². The number of thioether (sulfide) groups is 1. The lowest BCUT2D eigenvalue weighted by Crippen LogP contribution is -2.48. The molecule has 5 heteroatoms. The Bertz CT molecular complexity index is 501. The van der Waals surface area contributed by atoms with E-state index in [-0.39, 0.29) is 5.54 Å². The van der Waals surface area contributed by atoms with E-state index >= 15 is 0 Å². The SMILES string of the molecule is CSc1cc2c(cc1CNC1(C)CCCOC1)OCCO2. The van der Waals surface area contributed by atoms with Gasteiger partial charge in [-0.05, 0) is 43.7 Å². The average molecular weight is 309 g/mol. The predicted molar refractivity (Wildman–Crippen MR) is 84.5 cm³/mol. The highest BCUT2D eigenvalue weighted by Crippen LogP contribution is 2.36. The Balaban J connectivity index is 1.74. The van der Waals surface area contributed by atoms with E-state index in [1.54, 1.807) is 11.8 Å². The molecule has 116 valence electrons. The van der Waals surface area contributed by atoms with Gasteiger partial charge in [0, 0.05) is 23.6 Å². The fourth-order valence-corrected chi connectivity index (χ4v) is 3.44. The highest BCUT2D eigenvalue weighted by Gasteiger charge is 2.27. The molecule has 1 atom stereocenters. The summed E-state index contributed by atoms with van der Waals surface area (Å²) in [5, 5.41) is 3.66. The molecule has 3 rings (SSSR count). The monoisotopic (exact) mass is 309 g/mol. The maximum atomic E-state index is 5.69. The van der Waals surface area contributed by atoms with Gasteiger partial charge >= 0.3 is 0 Å². The predicted octanol–water partition coefficient (Wildman–Crippen LogP) is 2.84. The van der Waals surface area contributed by atoms with Crippen LogP contribution in [0.25, 0.3) is 0 Å². The van der Waals surface area contributed by atoms with Gasteiger partial charge in [-0.1, -0.05) is 0 Å². The number of fused-ring (bicyclic) bond motifs is 1. The van der Waals surface area contributed by atoms with E-state index in [1.807, 2.05) is 0 Å². The molecule has 0 spiro atoms. The third-order valence-corrected chi connectivity index (χ3v) is 4.91. The molecule has 2 aliphatic heterocycles. The van der Waals surface area contributed by atoms with E-state index in [4.69, 9.17) is 14.2 Å². The van der Waals surface area contributed by atoms with Gasteiger partial charge in [0.05, 0.1) is 6.61 Å². The lowest BCUT2D eigenvalue weighted by molar-refractivity contribution is 0.0277. The van der Waals surface area contributed by atoms with Gasteiger partial charge in [-0.25, -0.2) is 0 Å². The van der Waals surface area contributed by atoms with Crippen molar-refractivity contribution >= 4 is 11.8 Å². The smallest absolute Gasteiger partial charge is 0.162 e. The van der Waals surface area contributed by atoms with Gasteiger partial charge in [0.25, 0.3) is 0 Å². The van der Waals surface area contributed by atoms with Crippen LogP contribution in [0.1, 0.15) is 25.3 Å². The van der Waals surface area contributed by atoms with E-state index < -0.39 is 0 Å². The summed E-state index contributed by atoms with van der Waals surface area (Å²) >= 11 is 1.75. The number of ether oxygens (including phenoxy) is 3. The molecule has 0 aromatic heterocycles. The lowest BCUT2D eigenvalue weighted by Gasteiger charge is -2.35. The van der Waals surface area contributed by atoms with Crippen LogP contribution in [0.2, 0.25) is 0 Å². The second kappa shape index (κ2) is 6.46. The van der Waals surface area contributed by atoms with Crippen molar-refractivity contribution in [1.82, 2.24) is 5.32 Å². The second-order valence-corrected chi connectivity index (χ2v) is 6.73. The van der Waals surface area contributed by atoms with E-state index in [0.29, 0.717) is 13.2 Å². The van der Waals surface area contributed by atoms with Crippen molar-refractivity contribution in [2.24, 2.45) is 0 Å². The summed E-state index contributed by atoms with van der Waals surface area (Å²) in [5.74, 6) is 1.72. The Morgan fingerprint density at radius 1 is 1.19 bits per heavy atom. The van der Waals surface area contributed by atoms with Gasteiger partial charge in [0.1, 0.15) is 13.2 Å². The van der Waals surface area contributed by atoms with Crippen LogP contribution in [-0.2, 0) is 11.3 Å². The molecule has 4 nitrogen and oxygen atoms in total. The van der Waals surface area contributed by atoms with Gasteiger partial charge in [0.15, 0.2) is 11.5 Å². The molecule has 0 amide bonds. The Morgan fingerprint density at radius 2 is 1.95 bits per heavy atom. The van der Waals surface area contributed by atoms with Crippen molar-refractivity contribution in [3.8, 4) is 11.5 Å². The molecule has 1 aromatic rings. The number of hydrogen-bond donors (Lipinski definition) is 1. The summed E-state index contributed by atoms with van der Waals surface area (Å²) < 4.78 is 17.0. The molecule has 0 saturated carbocycles. The van der Waals surface area contributed by atoms with Gasteiger partial charge in [-0.2, -0.15) is 0 Å². The molecule has 1 fully saturated rings. The lowest BCUT2D eigenvalue weighted by atomic mass is 9.94. The van der Waals surface area contributed by atoms with Crippen molar-refractivity contribution in [2.45, 2.75) is 36.7 Å². The zero-order valence-electron chi connectivity index (χ0n) is 12.7. The van der Waals surface area contributed by atoms with Crippen LogP contribution in [0.4, 0.5) is 0 Å². The van der Waals surface area contributed by atoms with Crippen molar-refractivity contribution in [3.05, 3.63) is 17.7 Å². The molecule has 0 bridgehead atoms. The zero-order valence-corrected chi connectivity index (χ0v) is 13.6. The first kappa shape index (κ1) is 15.0. The Kier molecular flexibility index (Phi) is 4.62. The van der Waals surface area contributed by atoms with E-state index in [9.17, 15) is 0 Å². The topological polar surface area (TPSA) is 39.7 Å². The van der Waals surface area contributed by atoms with Crippen LogP contribution in [0.3, 0.4) is 0 Å². The first-order valence-corrected chi connectivity index (χ1v) is 8.72. The summed E-state index contributed by atoms with van der Waals surface area (Å²) in [7, 11) is 0. The molecule has 1 unspecified atom stereocenters. The Morgan fingerprint density at radius 3 is 2.62 bits per heavy atom. The number of rotatable bonds is 4. The Hall–Kier alpha value is -0.910. The minimum atomic E-state index is 0.0706. The molecule has 1 aromatic carbocycles. The van der Waals surface area contributed by atoms with Crippen LogP contribution in [0.5, 0.6) is 11.5 Å². The van der Waals surface area contributed by atoms with Gasteiger partial charge < -0.3 is 19.5 Å². The third-order valence-electron chi connectivity index (χ3n) is 4.09. The summed E-state index contributed by atoms with van der Waals surface area (Å²) in [6.07, 6.45) is 4.38. The molecule has 0 radical (unpaired) electrons. The minimum absolute atomic E-state index is 0.0706. The number of hydrogen-bond acceptors (Lipinski definition) is 5. The molecule has 2 aliphatic rings. The fraction of sp³-hybridized carbons (Fsp3) is 0.625. The molecular formula is C16H23NO3S.